The number of benzene rings is 1. The molecule has 0 spiro atoms. The lowest BCUT2D eigenvalue weighted by atomic mass is 9.95. The van der Waals surface area contributed by atoms with Crippen LogP contribution in [0.2, 0.25) is 0 Å². The van der Waals surface area contributed by atoms with Crippen LogP contribution in [-0.4, -0.2) is 24.3 Å². The van der Waals surface area contributed by atoms with Gasteiger partial charge in [0.25, 0.3) is 0 Å². The third-order valence-electron chi connectivity index (χ3n) is 3.24. The maximum atomic E-state index is 11.8. The van der Waals surface area contributed by atoms with Crippen LogP contribution in [-0.2, 0) is 20.9 Å². The van der Waals surface area contributed by atoms with Crippen LogP contribution >= 0.6 is 0 Å². The molecule has 1 aromatic carbocycles. The average molecular weight is 305 g/mol. The Morgan fingerprint density at radius 2 is 1.91 bits per heavy atom. The number of hydrogen-bond donors (Lipinski definition) is 2. The fraction of sp³-hybridized carbons (Fsp3) is 0.438. The number of ketones is 1. The highest BCUT2D eigenvalue weighted by atomic mass is 16.5. The quantitative estimate of drug-likeness (QED) is 0.310. The molecule has 22 heavy (non-hydrogen) atoms. The van der Waals surface area contributed by atoms with Crippen molar-refractivity contribution < 1.29 is 14.3 Å². The van der Waals surface area contributed by atoms with Gasteiger partial charge in [-0.05, 0) is 25.3 Å². The van der Waals surface area contributed by atoms with Gasteiger partial charge < -0.3 is 16.2 Å². The molecule has 1 rings (SSSR count). The smallest absolute Gasteiger partial charge is 0.306 e. The van der Waals surface area contributed by atoms with Gasteiger partial charge in [0.2, 0.25) is 0 Å². The number of nitrogens with two attached hydrogens (primary N) is 2. The number of carbonyl (C=O) groups is 2. The number of guanidine groups is 1. The van der Waals surface area contributed by atoms with Gasteiger partial charge in [-0.25, -0.2) is 0 Å². The number of hydrogen-bond acceptors (Lipinski definition) is 4. The van der Waals surface area contributed by atoms with E-state index in [1.807, 2.05) is 30.3 Å². The summed E-state index contributed by atoms with van der Waals surface area (Å²) in [4.78, 5) is 27.3. The first-order valence-electron chi connectivity index (χ1n) is 7.24. The van der Waals surface area contributed by atoms with Gasteiger partial charge in [0.15, 0.2) is 5.96 Å². The van der Waals surface area contributed by atoms with Gasteiger partial charge in [0, 0.05) is 12.5 Å². The van der Waals surface area contributed by atoms with Crippen molar-refractivity contribution in [2.75, 3.05) is 6.54 Å². The second-order valence-corrected chi connectivity index (χ2v) is 5.11. The normalized spacial score (nSPS) is 11.5. The molecule has 0 saturated carbocycles. The van der Waals surface area contributed by atoms with E-state index in [1.54, 1.807) is 0 Å². The molecule has 0 radical (unpaired) electrons. The number of carbonyl (C=O) groups excluding carboxylic acids is 2. The van der Waals surface area contributed by atoms with Crippen molar-refractivity contribution in [1.29, 1.82) is 0 Å². The van der Waals surface area contributed by atoms with Crippen molar-refractivity contribution in [3.8, 4) is 0 Å². The van der Waals surface area contributed by atoms with E-state index in [9.17, 15) is 9.59 Å². The Morgan fingerprint density at radius 3 is 2.50 bits per heavy atom. The van der Waals surface area contributed by atoms with E-state index in [-0.39, 0.29) is 36.7 Å². The Labute approximate surface area is 130 Å². The molecule has 1 unspecified atom stereocenters. The zero-order valence-electron chi connectivity index (χ0n) is 12.8. The standard InChI is InChI=1S/C16H23N3O3/c1-12(20)14(8-5-9-19-16(17)18)10-15(21)22-11-13-6-3-2-4-7-13/h2-4,6-7,14H,5,8-11H2,1H3,(H4,17,18,19). The second kappa shape index (κ2) is 9.55. The van der Waals surface area contributed by atoms with E-state index in [4.69, 9.17) is 16.2 Å². The summed E-state index contributed by atoms with van der Waals surface area (Å²) >= 11 is 0. The maximum absolute atomic E-state index is 11.8. The van der Waals surface area contributed by atoms with Crippen LogP contribution in [0.5, 0.6) is 0 Å². The Morgan fingerprint density at radius 1 is 1.23 bits per heavy atom. The number of aliphatic imine (C=N–C) groups is 1. The Bertz CT molecular complexity index is 511. The van der Waals surface area contributed by atoms with E-state index in [1.165, 1.54) is 6.92 Å². The summed E-state index contributed by atoms with van der Waals surface area (Å²) in [5, 5.41) is 0. The predicted octanol–water partition coefficient (Wildman–Crippen LogP) is 1.38. The lowest BCUT2D eigenvalue weighted by molar-refractivity contribution is -0.147. The Kier molecular flexibility index (Phi) is 7.67. The number of nitrogens with zero attached hydrogens (tertiary/aromatic N) is 1. The summed E-state index contributed by atoms with van der Waals surface area (Å²) in [6.45, 7) is 2.15. The topological polar surface area (TPSA) is 108 Å². The highest BCUT2D eigenvalue weighted by molar-refractivity contribution is 5.83. The molecule has 6 heteroatoms. The molecule has 6 nitrogen and oxygen atoms in total. The fourth-order valence-electron chi connectivity index (χ4n) is 1.99. The molecule has 0 aliphatic heterocycles. The van der Waals surface area contributed by atoms with Crippen molar-refractivity contribution in [1.82, 2.24) is 0 Å². The van der Waals surface area contributed by atoms with Gasteiger partial charge in [-0.1, -0.05) is 30.3 Å². The molecule has 0 bridgehead atoms. The number of rotatable bonds is 9. The molecule has 0 amide bonds. The van der Waals surface area contributed by atoms with Crippen molar-refractivity contribution in [3.05, 3.63) is 35.9 Å². The lowest BCUT2D eigenvalue weighted by Gasteiger charge is -2.12. The summed E-state index contributed by atoms with van der Waals surface area (Å²) in [5.74, 6) is -0.716. The van der Waals surface area contributed by atoms with Gasteiger partial charge in [-0.15, -0.1) is 0 Å². The van der Waals surface area contributed by atoms with Gasteiger partial charge in [-0.2, -0.15) is 0 Å². The molecular weight excluding hydrogens is 282 g/mol. The third-order valence-corrected chi connectivity index (χ3v) is 3.24. The molecule has 0 saturated heterocycles. The highest BCUT2D eigenvalue weighted by Crippen LogP contribution is 2.14. The van der Waals surface area contributed by atoms with E-state index in [2.05, 4.69) is 4.99 Å². The summed E-state index contributed by atoms with van der Waals surface area (Å²) in [5.41, 5.74) is 11.4. The maximum Gasteiger partial charge on any atom is 0.306 e. The fourth-order valence-corrected chi connectivity index (χ4v) is 1.99. The molecule has 0 aromatic heterocycles. The van der Waals surface area contributed by atoms with Crippen LogP contribution in [0.15, 0.2) is 35.3 Å². The average Bonchev–Trinajstić information content (AvgIpc) is 2.48. The molecule has 1 atom stereocenters. The van der Waals surface area contributed by atoms with Crippen molar-refractivity contribution >= 4 is 17.7 Å². The van der Waals surface area contributed by atoms with Crippen molar-refractivity contribution in [2.45, 2.75) is 32.8 Å². The SMILES string of the molecule is CC(=O)C(CCCN=C(N)N)CC(=O)OCc1ccccc1. The predicted molar refractivity (Wildman–Crippen MR) is 84.9 cm³/mol. The Balaban J connectivity index is 2.37. The van der Waals surface area contributed by atoms with E-state index >= 15 is 0 Å². The minimum absolute atomic E-state index is 0.0265. The number of esters is 1. The number of Topliss-reactive ketones (excluding diaryl/α,β-unsaturated/α-hetero) is 1. The van der Waals surface area contributed by atoms with E-state index in [0.717, 1.165) is 5.56 Å². The van der Waals surface area contributed by atoms with Crippen LogP contribution in [0.25, 0.3) is 0 Å². The highest BCUT2D eigenvalue weighted by Gasteiger charge is 2.19. The van der Waals surface area contributed by atoms with Crippen molar-refractivity contribution in [2.24, 2.45) is 22.4 Å². The van der Waals surface area contributed by atoms with Crippen LogP contribution in [0.4, 0.5) is 0 Å². The molecule has 4 N–H and O–H groups in total. The van der Waals surface area contributed by atoms with Gasteiger partial charge in [-0.3, -0.25) is 14.6 Å². The van der Waals surface area contributed by atoms with Gasteiger partial charge in [0.1, 0.15) is 12.4 Å². The zero-order chi connectivity index (χ0) is 16.4. The summed E-state index contributed by atoms with van der Waals surface area (Å²) < 4.78 is 5.19. The van der Waals surface area contributed by atoms with Crippen molar-refractivity contribution in [3.63, 3.8) is 0 Å². The molecule has 120 valence electrons. The van der Waals surface area contributed by atoms with E-state index < -0.39 is 0 Å². The molecule has 0 heterocycles. The minimum Gasteiger partial charge on any atom is -0.461 e. The largest absolute Gasteiger partial charge is 0.461 e. The zero-order valence-corrected chi connectivity index (χ0v) is 12.8. The summed E-state index contributed by atoms with van der Waals surface area (Å²) in [6, 6.07) is 9.42. The molecule has 0 aliphatic carbocycles. The third kappa shape index (κ3) is 7.42. The van der Waals surface area contributed by atoms with Gasteiger partial charge >= 0.3 is 5.97 Å². The summed E-state index contributed by atoms with van der Waals surface area (Å²) in [7, 11) is 0. The van der Waals surface area contributed by atoms with Crippen LogP contribution in [0.3, 0.4) is 0 Å². The van der Waals surface area contributed by atoms with Crippen LogP contribution < -0.4 is 11.5 Å². The molecular formula is C16H23N3O3. The van der Waals surface area contributed by atoms with Gasteiger partial charge in [0.05, 0.1) is 6.42 Å². The second-order valence-electron chi connectivity index (χ2n) is 5.11. The first-order valence-corrected chi connectivity index (χ1v) is 7.24. The molecule has 1 aromatic rings. The monoisotopic (exact) mass is 305 g/mol. The molecule has 0 fully saturated rings. The van der Waals surface area contributed by atoms with Crippen LogP contribution in [0.1, 0.15) is 31.7 Å². The first-order chi connectivity index (χ1) is 10.5. The van der Waals surface area contributed by atoms with E-state index in [0.29, 0.717) is 19.4 Å². The van der Waals surface area contributed by atoms with Crippen LogP contribution in [0, 0.1) is 5.92 Å². The number of ether oxygens (including phenoxy) is 1. The Hall–Kier alpha value is -2.37. The molecule has 0 aliphatic rings. The summed E-state index contributed by atoms with van der Waals surface area (Å²) in [6.07, 6.45) is 1.30. The lowest BCUT2D eigenvalue weighted by Crippen LogP contribution is -2.23. The minimum atomic E-state index is -0.370. The first kappa shape index (κ1) is 17.7.